The SMILES string of the molecule is CCC1(CC)c2cc(-c3cnc(-c4ccccc4)cn3)ccc2-c2ccc(-c3cnc(-c4ccccc4)cn3)cc21. The maximum absolute atomic E-state index is 4.80. The summed E-state index contributed by atoms with van der Waals surface area (Å²) < 4.78 is 0. The Balaban J connectivity index is 1.25. The Labute approximate surface area is 240 Å². The van der Waals surface area contributed by atoms with Crippen LogP contribution in [0.2, 0.25) is 0 Å². The Morgan fingerprint density at radius 1 is 0.439 bits per heavy atom. The van der Waals surface area contributed by atoms with Crippen LogP contribution in [0.3, 0.4) is 0 Å². The molecule has 1 aliphatic carbocycles. The summed E-state index contributed by atoms with van der Waals surface area (Å²) in [5, 5.41) is 0. The first-order chi connectivity index (χ1) is 20.2. The molecule has 198 valence electrons. The lowest BCUT2D eigenvalue weighted by Crippen LogP contribution is -2.23. The van der Waals surface area contributed by atoms with Crippen molar-refractivity contribution in [3.8, 4) is 56.2 Å². The lowest BCUT2D eigenvalue weighted by atomic mass is 9.73. The topological polar surface area (TPSA) is 51.6 Å². The van der Waals surface area contributed by atoms with Crippen LogP contribution in [-0.4, -0.2) is 19.9 Å². The predicted molar refractivity (Wildman–Crippen MR) is 166 cm³/mol. The van der Waals surface area contributed by atoms with Crippen LogP contribution in [0.4, 0.5) is 0 Å². The molecule has 2 heterocycles. The van der Waals surface area contributed by atoms with Crippen molar-refractivity contribution in [2.45, 2.75) is 32.1 Å². The molecule has 0 saturated heterocycles. The predicted octanol–water partition coefficient (Wildman–Crippen LogP) is 9.02. The van der Waals surface area contributed by atoms with Crippen LogP contribution >= 0.6 is 0 Å². The van der Waals surface area contributed by atoms with E-state index in [1.165, 1.54) is 22.3 Å². The molecule has 41 heavy (non-hydrogen) atoms. The lowest BCUT2D eigenvalue weighted by Gasteiger charge is -2.30. The smallest absolute Gasteiger partial charge is 0.0885 e. The highest BCUT2D eigenvalue weighted by atomic mass is 14.8. The van der Waals surface area contributed by atoms with E-state index in [1.807, 2.05) is 61.2 Å². The van der Waals surface area contributed by atoms with Crippen molar-refractivity contribution in [3.05, 3.63) is 133 Å². The number of aromatic nitrogens is 4. The molecule has 0 spiro atoms. The number of hydrogen-bond acceptors (Lipinski definition) is 4. The van der Waals surface area contributed by atoms with Gasteiger partial charge in [-0.15, -0.1) is 0 Å². The quantitative estimate of drug-likeness (QED) is 0.216. The van der Waals surface area contributed by atoms with Crippen molar-refractivity contribution in [2.75, 3.05) is 0 Å². The molecular formula is C37H30N4. The average Bonchev–Trinajstić information content (AvgIpc) is 3.34. The van der Waals surface area contributed by atoms with E-state index in [1.54, 1.807) is 0 Å². The number of fused-ring (bicyclic) bond motifs is 3. The van der Waals surface area contributed by atoms with Gasteiger partial charge < -0.3 is 0 Å². The second-order valence-electron chi connectivity index (χ2n) is 10.6. The Kier molecular flexibility index (Phi) is 6.24. The minimum atomic E-state index is -0.0779. The summed E-state index contributed by atoms with van der Waals surface area (Å²) in [5.74, 6) is 0. The minimum Gasteiger partial charge on any atom is -0.252 e. The molecule has 0 bridgehead atoms. The third-order valence-corrected chi connectivity index (χ3v) is 8.60. The van der Waals surface area contributed by atoms with E-state index >= 15 is 0 Å². The van der Waals surface area contributed by atoms with Crippen LogP contribution in [0.5, 0.6) is 0 Å². The normalized spacial score (nSPS) is 13.0. The van der Waals surface area contributed by atoms with Gasteiger partial charge in [0.15, 0.2) is 0 Å². The fourth-order valence-electron chi connectivity index (χ4n) is 6.30. The highest BCUT2D eigenvalue weighted by Gasteiger charge is 2.41. The van der Waals surface area contributed by atoms with Crippen LogP contribution in [0.25, 0.3) is 56.2 Å². The number of benzene rings is 4. The molecule has 0 N–H and O–H groups in total. The third kappa shape index (κ3) is 4.23. The lowest BCUT2D eigenvalue weighted by molar-refractivity contribution is 0.490. The summed E-state index contributed by atoms with van der Waals surface area (Å²) in [5.41, 5.74) is 13.1. The first-order valence-electron chi connectivity index (χ1n) is 14.3. The van der Waals surface area contributed by atoms with E-state index in [4.69, 9.17) is 19.9 Å². The van der Waals surface area contributed by atoms with Crippen molar-refractivity contribution in [3.63, 3.8) is 0 Å². The van der Waals surface area contributed by atoms with E-state index in [0.717, 1.165) is 57.9 Å². The molecule has 7 rings (SSSR count). The molecule has 0 aliphatic heterocycles. The average molecular weight is 531 g/mol. The van der Waals surface area contributed by atoms with Crippen molar-refractivity contribution in [1.29, 1.82) is 0 Å². The highest BCUT2D eigenvalue weighted by molar-refractivity contribution is 5.85. The third-order valence-electron chi connectivity index (χ3n) is 8.60. The zero-order valence-electron chi connectivity index (χ0n) is 23.3. The van der Waals surface area contributed by atoms with E-state index < -0.39 is 0 Å². The molecule has 0 saturated carbocycles. The van der Waals surface area contributed by atoms with Crippen LogP contribution in [0.15, 0.2) is 122 Å². The van der Waals surface area contributed by atoms with E-state index in [-0.39, 0.29) is 5.41 Å². The van der Waals surface area contributed by atoms with Gasteiger partial charge in [-0.1, -0.05) is 98.8 Å². The molecule has 0 fully saturated rings. The molecular weight excluding hydrogens is 500 g/mol. The van der Waals surface area contributed by atoms with Gasteiger partial charge in [-0.25, -0.2) is 0 Å². The van der Waals surface area contributed by atoms with Crippen LogP contribution < -0.4 is 0 Å². The molecule has 0 unspecified atom stereocenters. The van der Waals surface area contributed by atoms with E-state index in [0.29, 0.717) is 0 Å². The van der Waals surface area contributed by atoms with Gasteiger partial charge >= 0.3 is 0 Å². The molecule has 0 atom stereocenters. The summed E-state index contributed by atoms with van der Waals surface area (Å²) in [6.45, 7) is 4.59. The standard InChI is InChI=1S/C37H30N4/c1-3-37(4-2)31-19-27(35-23-38-33(21-40-35)25-11-7-5-8-12-25)15-17-29(31)30-18-16-28(20-32(30)37)36-24-39-34(22-41-36)26-13-9-6-10-14-26/h5-24H,3-4H2,1-2H3. The Bertz CT molecular complexity index is 1690. The maximum atomic E-state index is 4.80. The van der Waals surface area contributed by atoms with Gasteiger partial charge in [0.2, 0.25) is 0 Å². The largest absolute Gasteiger partial charge is 0.252 e. The monoisotopic (exact) mass is 530 g/mol. The fraction of sp³-hybridized carbons (Fsp3) is 0.135. The molecule has 6 aromatic rings. The second-order valence-corrected chi connectivity index (χ2v) is 10.6. The van der Waals surface area contributed by atoms with Crippen molar-refractivity contribution < 1.29 is 0 Å². The van der Waals surface area contributed by atoms with Crippen molar-refractivity contribution in [2.24, 2.45) is 0 Å². The molecule has 4 nitrogen and oxygen atoms in total. The summed E-state index contributed by atoms with van der Waals surface area (Å²) in [6.07, 6.45) is 9.54. The second kappa shape index (κ2) is 10.2. The Hall–Kier alpha value is -4.96. The van der Waals surface area contributed by atoms with Crippen LogP contribution in [0.1, 0.15) is 37.8 Å². The zero-order valence-corrected chi connectivity index (χ0v) is 23.3. The molecule has 4 heteroatoms. The first kappa shape index (κ1) is 25.0. The molecule has 1 aliphatic rings. The first-order valence-corrected chi connectivity index (χ1v) is 14.3. The Morgan fingerprint density at radius 3 is 1.15 bits per heavy atom. The van der Waals surface area contributed by atoms with E-state index in [9.17, 15) is 0 Å². The van der Waals surface area contributed by atoms with E-state index in [2.05, 4.69) is 74.5 Å². The summed E-state index contributed by atoms with van der Waals surface area (Å²) >= 11 is 0. The molecule has 0 amide bonds. The molecule has 4 aromatic carbocycles. The molecule has 0 radical (unpaired) electrons. The summed E-state index contributed by atoms with van der Waals surface area (Å²) in [7, 11) is 0. The van der Waals surface area contributed by atoms with Gasteiger partial charge in [0.1, 0.15) is 0 Å². The van der Waals surface area contributed by atoms with Gasteiger partial charge in [-0.2, -0.15) is 0 Å². The number of hydrogen-bond donors (Lipinski definition) is 0. The summed E-state index contributed by atoms with van der Waals surface area (Å²) in [6, 6.07) is 33.9. The fourth-order valence-corrected chi connectivity index (χ4v) is 6.30. The van der Waals surface area contributed by atoms with Crippen molar-refractivity contribution in [1.82, 2.24) is 19.9 Å². The van der Waals surface area contributed by atoms with Gasteiger partial charge in [0.05, 0.1) is 47.6 Å². The Morgan fingerprint density at radius 2 is 0.805 bits per heavy atom. The van der Waals surface area contributed by atoms with Crippen molar-refractivity contribution >= 4 is 0 Å². The molecule has 2 aromatic heterocycles. The van der Waals surface area contributed by atoms with Crippen LogP contribution in [-0.2, 0) is 5.41 Å². The number of rotatable bonds is 6. The van der Waals surface area contributed by atoms with Crippen LogP contribution in [0, 0.1) is 0 Å². The van der Waals surface area contributed by atoms with Gasteiger partial charge in [-0.3, -0.25) is 19.9 Å². The minimum absolute atomic E-state index is 0.0779. The zero-order chi connectivity index (χ0) is 27.8. The maximum Gasteiger partial charge on any atom is 0.0885 e. The van der Waals surface area contributed by atoms with Gasteiger partial charge in [-0.05, 0) is 47.2 Å². The summed E-state index contributed by atoms with van der Waals surface area (Å²) in [4.78, 5) is 19.1. The number of nitrogens with zero attached hydrogens (tertiary/aromatic N) is 4. The van der Waals surface area contributed by atoms with Gasteiger partial charge in [0.25, 0.3) is 0 Å². The highest BCUT2D eigenvalue weighted by Crippen LogP contribution is 2.54. The van der Waals surface area contributed by atoms with Gasteiger partial charge in [0, 0.05) is 27.7 Å².